The predicted molar refractivity (Wildman–Crippen MR) is 77.0 cm³/mol. The molecule has 0 atom stereocenters. The van der Waals surface area contributed by atoms with Crippen LogP contribution in [0.3, 0.4) is 0 Å². The summed E-state index contributed by atoms with van der Waals surface area (Å²) < 4.78 is 5.60. The topological polar surface area (TPSA) is 29.5 Å². The molecule has 1 aromatic rings. The zero-order valence-electron chi connectivity index (χ0n) is 12.1. The fourth-order valence-electron chi connectivity index (χ4n) is 1.52. The number of carbonyl (C=O) groups excluding carboxylic acids is 1. The molecule has 0 fully saturated rings. The Morgan fingerprint density at radius 3 is 2.37 bits per heavy atom. The van der Waals surface area contributed by atoms with Gasteiger partial charge in [0.1, 0.15) is 0 Å². The van der Waals surface area contributed by atoms with Gasteiger partial charge in [-0.2, -0.15) is 0 Å². The third-order valence-corrected chi connectivity index (χ3v) is 2.61. The Kier molecular flexibility index (Phi) is 5.14. The molecule has 0 radical (unpaired) electrons. The summed E-state index contributed by atoms with van der Waals surface area (Å²) in [7, 11) is 1.77. The lowest BCUT2D eigenvalue weighted by atomic mass is 10.1. The van der Waals surface area contributed by atoms with Crippen molar-refractivity contribution in [1.29, 1.82) is 0 Å². The molecule has 0 aliphatic heterocycles. The first-order chi connectivity index (χ1) is 8.83. The van der Waals surface area contributed by atoms with Crippen LogP contribution in [0.25, 0.3) is 0 Å². The maximum Gasteiger partial charge on any atom is 0.253 e. The highest BCUT2D eigenvalue weighted by atomic mass is 16.5. The third-order valence-electron chi connectivity index (χ3n) is 2.61. The van der Waals surface area contributed by atoms with E-state index in [9.17, 15) is 4.79 Å². The van der Waals surface area contributed by atoms with E-state index in [0.717, 1.165) is 5.56 Å². The van der Waals surface area contributed by atoms with Gasteiger partial charge in [-0.25, -0.2) is 0 Å². The van der Waals surface area contributed by atoms with Crippen molar-refractivity contribution in [2.24, 2.45) is 0 Å². The molecule has 0 aromatic heterocycles. The molecule has 1 rings (SSSR count). The fourth-order valence-corrected chi connectivity index (χ4v) is 1.52. The Morgan fingerprint density at radius 2 is 1.89 bits per heavy atom. The average Bonchev–Trinajstić information content (AvgIpc) is 2.36. The van der Waals surface area contributed by atoms with Gasteiger partial charge >= 0.3 is 0 Å². The molecule has 1 amide bonds. The Bertz CT molecular complexity index is 463. The van der Waals surface area contributed by atoms with Crippen LogP contribution in [0.15, 0.2) is 24.3 Å². The van der Waals surface area contributed by atoms with E-state index in [2.05, 4.69) is 5.92 Å². The summed E-state index contributed by atoms with van der Waals surface area (Å²) in [5, 5.41) is 0. The van der Waals surface area contributed by atoms with E-state index in [-0.39, 0.29) is 11.5 Å². The minimum atomic E-state index is -0.182. The molecule has 0 saturated carbocycles. The van der Waals surface area contributed by atoms with Crippen LogP contribution < -0.4 is 0 Å². The smallest absolute Gasteiger partial charge is 0.253 e. The molecule has 0 unspecified atom stereocenters. The van der Waals surface area contributed by atoms with Gasteiger partial charge in [0.25, 0.3) is 5.91 Å². The molecule has 3 nitrogen and oxygen atoms in total. The van der Waals surface area contributed by atoms with Crippen molar-refractivity contribution < 1.29 is 9.53 Å². The molecule has 1 aromatic carbocycles. The van der Waals surface area contributed by atoms with E-state index >= 15 is 0 Å². The van der Waals surface area contributed by atoms with Crippen molar-refractivity contribution in [2.45, 2.75) is 26.4 Å². The van der Waals surface area contributed by atoms with Gasteiger partial charge in [-0.15, -0.1) is 6.42 Å². The van der Waals surface area contributed by atoms with Crippen LogP contribution in [0, 0.1) is 12.3 Å². The van der Waals surface area contributed by atoms with Gasteiger partial charge in [0.05, 0.1) is 12.2 Å². The second-order valence-electron chi connectivity index (χ2n) is 5.41. The summed E-state index contributed by atoms with van der Waals surface area (Å²) >= 11 is 0. The van der Waals surface area contributed by atoms with Crippen molar-refractivity contribution in [3.63, 3.8) is 0 Å². The van der Waals surface area contributed by atoms with Crippen LogP contribution in [-0.4, -0.2) is 36.6 Å². The van der Waals surface area contributed by atoms with Gasteiger partial charge in [0, 0.05) is 24.7 Å². The third kappa shape index (κ3) is 5.15. The molecule has 0 spiro atoms. The number of likely N-dealkylation sites (N-methyl/N-ethyl adjacent to an activating group) is 1. The van der Waals surface area contributed by atoms with Crippen LogP contribution in [-0.2, 0) is 4.74 Å². The van der Waals surface area contributed by atoms with Crippen LogP contribution in [0.1, 0.15) is 36.7 Å². The number of ether oxygens (including phenoxy) is 1. The average molecular weight is 259 g/mol. The van der Waals surface area contributed by atoms with Crippen molar-refractivity contribution in [2.75, 3.05) is 20.2 Å². The first-order valence-corrected chi connectivity index (χ1v) is 6.29. The number of nitrogens with zero attached hydrogens (tertiary/aromatic N) is 1. The Balaban J connectivity index is 2.54. The molecule has 3 heteroatoms. The highest BCUT2D eigenvalue weighted by Gasteiger charge is 2.14. The normalized spacial score (nSPS) is 10.9. The minimum absolute atomic E-state index is 0.0268. The highest BCUT2D eigenvalue weighted by Crippen LogP contribution is 2.08. The lowest BCUT2D eigenvalue weighted by Crippen LogP contribution is -2.32. The molecule has 0 saturated heterocycles. The number of rotatable bonds is 4. The maximum absolute atomic E-state index is 12.1. The van der Waals surface area contributed by atoms with Gasteiger partial charge in [-0.3, -0.25) is 4.79 Å². The SMILES string of the molecule is C#Cc1ccc(C(=O)N(C)CCOC(C)(C)C)cc1. The fraction of sp³-hybridized carbons (Fsp3) is 0.438. The van der Waals surface area contributed by atoms with Crippen molar-refractivity contribution >= 4 is 5.91 Å². The lowest BCUT2D eigenvalue weighted by molar-refractivity contribution is -0.00973. The van der Waals surface area contributed by atoms with E-state index in [1.807, 2.05) is 20.8 Å². The van der Waals surface area contributed by atoms with E-state index in [1.165, 1.54) is 0 Å². The second kappa shape index (κ2) is 6.40. The summed E-state index contributed by atoms with van der Waals surface area (Å²) in [4.78, 5) is 13.8. The van der Waals surface area contributed by atoms with E-state index in [4.69, 9.17) is 11.2 Å². The van der Waals surface area contributed by atoms with Crippen molar-refractivity contribution in [3.05, 3.63) is 35.4 Å². The second-order valence-corrected chi connectivity index (χ2v) is 5.41. The van der Waals surface area contributed by atoms with E-state index < -0.39 is 0 Å². The van der Waals surface area contributed by atoms with E-state index in [0.29, 0.717) is 18.7 Å². The van der Waals surface area contributed by atoms with Gasteiger partial charge in [0.15, 0.2) is 0 Å². The number of carbonyl (C=O) groups is 1. The van der Waals surface area contributed by atoms with Gasteiger partial charge in [0.2, 0.25) is 0 Å². The largest absolute Gasteiger partial charge is 0.374 e. The maximum atomic E-state index is 12.1. The summed E-state index contributed by atoms with van der Waals surface area (Å²) in [5.41, 5.74) is 1.23. The zero-order valence-corrected chi connectivity index (χ0v) is 12.1. The van der Waals surface area contributed by atoms with Crippen molar-refractivity contribution in [1.82, 2.24) is 4.90 Å². The lowest BCUT2D eigenvalue weighted by Gasteiger charge is -2.23. The van der Waals surface area contributed by atoms with Crippen LogP contribution in [0.2, 0.25) is 0 Å². The van der Waals surface area contributed by atoms with E-state index in [1.54, 1.807) is 36.2 Å². The molecule has 0 aliphatic carbocycles. The number of benzene rings is 1. The van der Waals surface area contributed by atoms with Crippen LogP contribution >= 0.6 is 0 Å². The molecule has 0 heterocycles. The molecule has 0 bridgehead atoms. The zero-order chi connectivity index (χ0) is 14.5. The minimum Gasteiger partial charge on any atom is -0.374 e. The Hall–Kier alpha value is -1.79. The number of amides is 1. The summed E-state index contributed by atoms with van der Waals surface area (Å²) in [5.74, 6) is 2.50. The summed E-state index contributed by atoms with van der Waals surface area (Å²) in [6.45, 7) is 7.06. The number of hydrogen-bond acceptors (Lipinski definition) is 2. The Morgan fingerprint density at radius 1 is 1.32 bits per heavy atom. The monoisotopic (exact) mass is 259 g/mol. The number of hydrogen-bond donors (Lipinski definition) is 0. The first-order valence-electron chi connectivity index (χ1n) is 6.29. The van der Waals surface area contributed by atoms with Crippen LogP contribution in [0.5, 0.6) is 0 Å². The molecule has 102 valence electrons. The quantitative estimate of drug-likeness (QED) is 0.778. The molecular formula is C16H21NO2. The molecule has 19 heavy (non-hydrogen) atoms. The van der Waals surface area contributed by atoms with Gasteiger partial charge in [-0.05, 0) is 45.0 Å². The summed E-state index contributed by atoms with van der Waals surface area (Å²) in [6, 6.07) is 7.04. The Labute approximate surface area is 115 Å². The van der Waals surface area contributed by atoms with Crippen molar-refractivity contribution in [3.8, 4) is 12.3 Å². The summed E-state index contributed by atoms with van der Waals surface area (Å²) in [6.07, 6.45) is 5.28. The van der Waals surface area contributed by atoms with Crippen LogP contribution in [0.4, 0.5) is 0 Å². The van der Waals surface area contributed by atoms with Gasteiger partial charge in [-0.1, -0.05) is 5.92 Å². The molecule has 0 N–H and O–H groups in total. The highest BCUT2D eigenvalue weighted by molar-refractivity contribution is 5.94. The molecule has 0 aliphatic rings. The first kappa shape index (κ1) is 15.3. The number of terminal acetylenes is 1. The standard InChI is InChI=1S/C16H21NO2/c1-6-13-7-9-14(10-8-13)15(18)17(5)11-12-19-16(2,3)4/h1,7-10H,11-12H2,2-5H3. The predicted octanol–water partition coefficient (Wildman–Crippen LogP) is 2.56. The molecular weight excluding hydrogens is 238 g/mol. The van der Waals surface area contributed by atoms with Gasteiger partial charge < -0.3 is 9.64 Å².